The summed E-state index contributed by atoms with van der Waals surface area (Å²) in [4.78, 5) is 1.20. The maximum absolute atomic E-state index is 12.7. The van der Waals surface area contributed by atoms with Gasteiger partial charge in [0.15, 0.2) is 0 Å². The summed E-state index contributed by atoms with van der Waals surface area (Å²) in [5.41, 5.74) is 0.105. The number of hydrogen-bond acceptors (Lipinski definition) is 2. The molecular formula is C15H15BrF3NS. The van der Waals surface area contributed by atoms with Gasteiger partial charge in [-0.2, -0.15) is 13.2 Å². The van der Waals surface area contributed by atoms with Crippen molar-refractivity contribution in [2.24, 2.45) is 0 Å². The number of rotatable bonds is 5. The Morgan fingerprint density at radius 3 is 2.52 bits per heavy atom. The molecule has 0 saturated heterocycles. The second kappa shape index (κ2) is 6.94. The summed E-state index contributed by atoms with van der Waals surface area (Å²) < 4.78 is 39.2. The summed E-state index contributed by atoms with van der Waals surface area (Å²) in [6.45, 7) is 0. The van der Waals surface area contributed by atoms with Gasteiger partial charge >= 0.3 is 6.18 Å². The number of thiophene rings is 1. The first-order chi connectivity index (χ1) is 9.88. The van der Waals surface area contributed by atoms with Crippen LogP contribution in [-0.2, 0) is 19.0 Å². The van der Waals surface area contributed by atoms with E-state index in [9.17, 15) is 13.2 Å². The van der Waals surface area contributed by atoms with Crippen molar-refractivity contribution in [3.63, 3.8) is 0 Å². The number of nitrogens with one attached hydrogen (secondary N) is 1. The van der Waals surface area contributed by atoms with E-state index in [0.717, 1.165) is 16.3 Å². The summed E-state index contributed by atoms with van der Waals surface area (Å²) in [5.74, 6) is 0. The highest BCUT2D eigenvalue weighted by atomic mass is 79.9. The SMILES string of the molecule is CNC(Cc1cccc(C(F)(F)F)c1)Cc1ccc(Br)s1. The average molecular weight is 378 g/mol. The first-order valence-corrected chi connectivity index (χ1v) is 8.07. The van der Waals surface area contributed by atoms with E-state index in [0.29, 0.717) is 12.0 Å². The third-order valence-corrected chi connectivity index (χ3v) is 4.87. The van der Waals surface area contributed by atoms with Gasteiger partial charge in [0.05, 0.1) is 9.35 Å². The lowest BCUT2D eigenvalue weighted by molar-refractivity contribution is -0.137. The topological polar surface area (TPSA) is 12.0 Å². The van der Waals surface area contributed by atoms with E-state index in [4.69, 9.17) is 0 Å². The highest BCUT2D eigenvalue weighted by molar-refractivity contribution is 9.11. The van der Waals surface area contributed by atoms with Crippen LogP contribution < -0.4 is 5.32 Å². The van der Waals surface area contributed by atoms with Gasteiger partial charge in [0.2, 0.25) is 0 Å². The van der Waals surface area contributed by atoms with Gasteiger partial charge in [0, 0.05) is 10.9 Å². The van der Waals surface area contributed by atoms with Crippen molar-refractivity contribution in [3.05, 3.63) is 56.2 Å². The Labute approximate surface area is 134 Å². The van der Waals surface area contributed by atoms with Crippen LogP contribution >= 0.6 is 27.3 Å². The molecule has 2 aromatic rings. The average Bonchev–Trinajstić information content (AvgIpc) is 2.83. The van der Waals surface area contributed by atoms with Crippen LogP contribution in [0.5, 0.6) is 0 Å². The summed E-state index contributed by atoms with van der Waals surface area (Å²) in [7, 11) is 1.83. The van der Waals surface area contributed by atoms with Gasteiger partial charge in [-0.3, -0.25) is 0 Å². The highest BCUT2D eigenvalue weighted by Crippen LogP contribution is 2.30. The number of alkyl halides is 3. The zero-order valence-electron chi connectivity index (χ0n) is 11.4. The molecule has 0 bridgehead atoms. The normalized spacial score (nSPS) is 13.4. The largest absolute Gasteiger partial charge is 0.416 e. The lowest BCUT2D eigenvalue weighted by Gasteiger charge is -2.16. The summed E-state index contributed by atoms with van der Waals surface area (Å²) in [6.07, 6.45) is -2.93. The van der Waals surface area contributed by atoms with Crippen LogP contribution in [0.4, 0.5) is 13.2 Å². The fourth-order valence-corrected chi connectivity index (χ4v) is 3.70. The van der Waals surface area contributed by atoms with Crippen LogP contribution in [0.3, 0.4) is 0 Å². The van der Waals surface area contributed by atoms with E-state index in [-0.39, 0.29) is 6.04 Å². The minimum absolute atomic E-state index is 0.110. The molecule has 6 heteroatoms. The second-order valence-corrected chi connectivity index (χ2v) is 7.35. The van der Waals surface area contributed by atoms with Crippen LogP contribution in [0, 0.1) is 0 Å². The van der Waals surface area contributed by atoms with Gasteiger partial charge in [0.25, 0.3) is 0 Å². The van der Waals surface area contributed by atoms with Gasteiger partial charge in [-0.15, -0.1) is 11.3 Å². The van der Waals surface area contributed by atoms with Crippen LogP contribution in [0.25, 0.3) is 0 Å². The number of likely N-dealkylation sites (N-methyl/N-ethyl adjacent to an activating group) is 1. The van der Waals surface area contributed by atoms with Crippen molar-refractivity contribution >= 4 is 27.3 Å². The third-order valence-electron chi connectivity index (χ3n) is 3.22. The monoisotopic (exact) mass is 377 g/mol. The Morgan fingerprint density at radius 1 is 1.19 bits per heavy atom. The fraction of sp³-hybridized carbons (Fsp3) is 0.333. The van der Waals surface area contributed by atoms with E-state index >= 15 is 0 Å². The molecule has 21 heavy (non-hydrogen) atoms. The standard InChI is InChI=1S/C15H15BrF3NS/c1-20-12(9-13-5-6-14(16)21-13)8-10-3-2-4-11(7-10)15(17,18)19/h2-7,12,20H,8-9H2,1H3. The molecule has 0 radical (unpaired) electrons. The molecule has 2 rings (SSSR count). The number of benzene rings is 1. The maximum atomic E-state index is 12.7. The number of hydrogen-bond donors (Lipinski definition) is 1. The summed E-state index contributed by atoms with van der Waals surface area (Å²) >= 11 is 5.06. The molecule has 114 valence electrons. The lowest BCUT2D eigenvalue weighted by atomic mass is 10.0. The van der Waals surface area contributed by atoms with E-state index in [1.807, 2.05) is 19.2 Å². The smallest absolute Gasteiger partial charge is 0.316 e. The Balaban J connectivity index is 2.08. The second-order valence-electron chi connectivity index (χ2n) is 4.80. The lowest BCUT2D eigenvalue weighted by Crippen LogP contribution is -2.29. The summed E-state index contributed by atoms with van der Waals surface area (Å²) in [5, 5.41) is 3.18. The predicted molar refractivity (Wildman–Crippen MR) is 83.7 cm³/mol. The van der Waals surface area contributed by atoms with Crippen molar-refractivity contribution in [1.29, 1.82) is 0 Å². The van der Waals surface area contributed by atoms with Crippen LogP contribution in [0.15, 0.2) is 40.2 Å². The minimum atomic E-state index is -4.29. The van der Waals surface area contributed by atoms with Gasteiger partial charge < -0.3 is 5.32 Å². The first kappa shape index (κ1) is 16.5. The molecule has 0 spiro atoms. The molecular weight excluding hydrogens is 363 g/mol. The zero-order valence-corrected chi connectivity index (χ0v) is 13.8. The molecule has 0 fully saturated rings. The molecule has 0 saturated carbocycles. The van der Waals surface area contributed by atoms with Crippen molar-refractivity contribution in [2.45, 2.75) is 25.1 Å². The molecule has 0 aliphatic carbocycles. The van der Waals surface area contributed by atoms with Crippen molar-refractivity contribution in [3.8, 4) is 0 Å². The molecule has 1 aromatic heterocycles. The maximum Gasteiger partial charge on any atom is 0.416 e. The molecule has 1 heterocycles. The predicted octanol–water partition coefficient (Wildman–Crippen LogP) is 4.90. The fourth-order valence-electron chi connectivity index (χ4n) is 2.14. The van der Waals surface area contributed by atoms with E-state index in [1.54, 1.807) is 17.4 Å². The Bertz CT molecular complexity index is 595. The van der Waals surface area contributed by atoms with E-state index < -0.39 is 11.7 Å². The molecule has 0 amide bonds. The minimum Gasteiger partial charge on any atom is -0.316 e. The Kier molecular flexibility index (Phi) is 5.46. The van der Waals surface area contributed by atoms with Crippen LogP contribution in [0.2, 0.25) is 0 Å². The van der Waals surface area contributed by atoms with Crippen LogP contribution in [-0.4, -0.2) is 13.1 Å². The van der Waals surface area contributed by atoms with Crippen molar-refractivity contribution in [1.82, 2.24) is 5.32 Å². The summed E-state index contributed by atoms with van der Waals surface area (Å²) in [6, 6.07) is 9.67. The highest BCUT2D eigenvalue weighted by Gasteiger charge is 2.30. The molecule has 1 N–H and O–H groups in total. The van der Waals surface area contributed by atoms with Crippen molar-refractivity contribution < 1.29 is 13.2 Å². The van der Waals surface area contributed by atoms with Crippen molar-refractivity contribution in [2.75, 3.05) is 7.05 Å². The van der Waals surface area contributed by atoms with Gasteiger partial charge in [0.1, 0.15) is 0 Å². The zero-order chi connectivity index (χ0) is 15.5. The molecule has 1 aromatic carbocycles. The third kappa shape index (κ3) is 4.83. The Morgan fingerprint density at radius 2 is 1.95 bits per heavy atom. The quantitative estimate of drug-likeness (QED) is 0.780. The Hall–Kier alpha value is -0.850. The molecule has 1 unspecified atom stereocenters. The number of halogens is 4. The first-order valence-electron chi connectivity index (χ1n) is 6.46. The molecule has 1 nitrogen and oxygen atoms in total. The van der Waals surface area contributed by atoms with Crippen LogP contribution in [0.1, 0.15) is 16.0 Å². The molecule has 0 aliphatic rings. The van der Waals surface area contributed by atoms with E-state index in [2.05, 4.69) is 21.2 Å². The van der Waals surface area contributed by atoms with E-state index in [1.165, 1.54) is 17.0 Å². The van der Waals surface area contributed by atoms with Gasteiger partial charge in [-0.1, -0.05) is 18.2 Å². The molecule has 0 aliphatic heterocycles. The van der Waals surface area contributed by atoms with Gasteiger partial charge in [-0.25, -0.2) is 0 Å². The molecule has 1 atom stereocenters. The van der Waals surface area contributed by atoms with Gasteiger partial charge in [-0.05, 0) is 59.6 Å².